The van der Waals surface area contributed by atoms with Gasteiger partial charge in [0.1, 0.15) is 5.82 Å². The summed E-state index contributed by atoms with van der Waals surface area (Å²) in [5.41, 5.74) is 1.28. The Bertz CT molecular complexity index is 722. The Morgan fingerprint density at radius 1 is 1.15 bits per heavy atom. The van der Waals surface area contributed by atoms with E-state index in [9.17, 15) is 4.79 Å². The van der Waals surface area contributed by atoms with Crippen LogP contribution in [0.2, 0.25) is 0 Å². The molecule has 1 aromatic carbocycles. The molecule has 2 aromatic rings. The van der Waals surface area contributed by atoms with Gasteiger partial charge >= 0.3 is 0 Å². The molecule has 1 amide bonds. The summed E-state index contributed by atoms with van der Waals surface area (Å²) in [5, 5.41) is 0. The molecule has 1 atom stereocenters. The number of hydrogen-bond acceptors (Lipinski definition) is 3. The van der Waals surface area contributed by atoms with Crippen LogP contribution in [0.4, 0.5) is 0 Å². The Balaban J connectivity index is 1.45. The lowest BCUT2D eigenvalue weighted by molar-refractivity contribution is -0.139. The van der Waals surface area contributed by atoms with Crippen LogP contribution in [0.25, 0.3) is 0 Å². The van der Waals surface area contributed by atoms with Gasteiger partial charge < -0.3 is 14.2 Å². The zero-order valence-corrected chi connectivity index (χ0v) is 15.2. The van der Waals surface area contributed by atoms with Gasteiger partial charge in [-0.25, -0.2) is 4.98 Å². The SMILES string of the molecule is O=C(C1CCOCC1)N1CCC[C@@H](c2nccn2Cc2ccccc2)C1. The van der Waals surface area contributed by atoms with Gasteiger partial charge in [-0.2, -0.15) is 0 Å². The molecule has 5 nitrogen and oxygen atoms in total. The zero-order valence-electron chi connectivity index (χ0n) is 15.2. The fraction of sp³-hybridized carbons (Fsp3) is 0.524. The first kappa shape index (κ1) is 17.3. The molecule has 2 saturated heterocycles. The first-order valence-corrected chi connectivity index (χ1v) is 9.73. The molecule has 1 aromatic heterocycles. The van der Waals surface area contributed by atoms with Crippen molar-refractivity contribution in [3.8, 4) is 0 Å². The van der Waals surface area contributed by atoms with Crippen LogP contribution < -0.4 is 0 Å². The molecule has 26 heavy (non-hydrogen) atoms. The maximum absolute atomic E-state index is 12.9. The highest BCUT2D eigenvalue weighted by molar-refractivity contribution is 5.79. The monoisotopic (exact) mass is 353 g/mol. The number of piperidine rings is 1. The molecule has 2 fully saturated rings. The Kier molecular flexibility index (Phi) is 5.34. The number of ether oxygens (including phenoxy) is 1. The quantitative estimate of drug-likeness (QED) is 0.849. The lowest BCUT2D eigenvalue weighted by Gasteiger charge is -2.35. The van der Waals surface area contributed by atoms with Crippen molar-refractivity contribution in [2.45, 2.75) is 38.1 Å². The molecular weight excluding hydrogens is 326 g/mol. The molecule has 0 radical (unpaired) electrons. The molecule has 5 heteroatoms. The number of likely N-dealkylation sites (tertiary alicyclic amines) is 1. The van der Waals surface area contributed by atoms with Gasteiger partial charge in [-0.05, 0) is 31.2 Å². The minimum absolute atomic E-state index is 0.145. The normalized spacial score (nSPS) is 21.7. The predicted octanol–water partition coefficient (Wildman–Crippen LogP) is 3.06. The Labute approximate surface area is 155 Å². The average molecular weight is 353 g/mol. The molecule has 3 heterocycles. The molecule has 0 spiro atoms. The van der Waals surface area contributed by atoms with Crippen LogP contribution in [0.1, 0.15) is 43.0 Å². The number of hydrogen-bond donors (Lipinski definition) is 0. The van der Waals surface area contributed by atoms with Gasteiger partial charge in [-0.15, -0.1) is 0 Å². The van der Waals surface area contributed by atoms with E-state index in [0.717, 1.165) is 64.4 Å². The molecular formula is C21H27N3O2. The van der Waals surface area contributed by atoms with Crippen molar-refractivity contribution in [3.63, 3.8) is 0 Å². The van der Waals surface area contributed by atoms with E-state index >= 15 is 0 Å². The third-order valence-corrected chi connectivity index (χ3v) is 5.61. The summed E-state index contributed by atoms with van der Waals surface area (Å²) in [5.74, 6) is 1.90. The maximum Gasteiger partial charge on any atom is 0.225 e. The van der Waals surface area contributed by atoms with E-state index in [0.29, 0.717) is 11.8 Å². The largest absolute Gasteiger partial charge is 0.381 e. The first-order chi connectivity index (χ1) is 12.8. The lowest BCUT2D eigenvalue weighted by atomic mass is 9.93. The van der Waals surface area contributed by atoms with E-state index in [1.165, 1.54) is 5.56 Å². The molecule has 4 rings (SSSR count). The van der Waals surface area contributed by atoms with Gasteiger partial charge in [0.05, 0.1) is 0 Å². The van der Waals surface area contributed by atoms with Crippen LogP contribution >= 0.6 is 0 Å². The highest BCUT2D eigenvalue weighted by Gasteiger charge is 2.31. The fourth-order valence-corrected chi connectivity index (χ4v) is 4.19. The van der Waals surface area contributed by atoms with E-state index < -0.39 is 0 Å². The second-order valence-electron chi connectivity index (χ2n) is 7.41. The van der Waals surface area contributed by atoms with E-state index in [1.807, 2.05) is 12.3 Å². The Morgan fingerprint density at radius 3 is 2.77 bits per heavy atom. The standard InChI is InChI=1S/C21H27N3O2/c25-21(18-8-13-26-14-9-18)24-11-4-7-19(16-24)20-22-10-12-23(20)15-17-5-2-1-3-6-17/h1-3,5-6,10,12,18-19H,4,7-9,11,13-16H2/t19-/m1/s1. The summed E-state index contributed by atoms with van der Waals surface area (Å²) >= 11 is 0. The number of nitrogens with zero attached hydrogens (tertiary/aromatic N) is 3. The molecule has 0 unspecified atom stereocenters. The number of carbonyl (C=O) groups excluding carboxylic acids is 1. The third kappa shape index (κ3) is 3.83. The molecule has 0 N–H and O–H groups in total. The average Bonchev–Trinajstić information content (AvgIpc) is 3.17. The fourth-order valence-electron chi connectivity index (χ4n) is 4.19. The van der Waals surface area contributed by atoms with E-state index in [1.54, 1.807) is 0 Å². The van der Waals surface area contributed by atoms with E-state index in [2.05, 4.69) is 44.9 Å². The molecule has 0 aliphatic carbocycles. The first-order valence-electron chi connectivity index (χ1n) is 9.73. The molecule has 0 bridgehead atoms. The van der Waals surface area contributed by atoms with Crippen molar-refractivity contribution < 1.29 is 9.53 Å². The number of rotatable bonds is 4. The number of aromatic nitrogens is 2. The van der Waals surface area contributed by atoms with Gasteiger partial charge in [0.2, 0.25) is 5.91 Å². The van der Waals surface area contributed by atoms with Crippen LogP contribution in [0.5, 0.6) is 0 Å². The van der Waals surface area contributed by atoms with Crippen LogP contribution in [0, 0.1) is 5.92 Å². The lowest BCUT2D eigenvalue weighted by Crippen LogP contribution is -2.44. The van der Waals surface area contributed by atoms with Crippen LogP contribution in [0.3, 0.4) is 0 Å². The topological polar surface area (TPSA) is 47.4 Å². The van der Waals surface area contributed by atoms with Crippen molar-refractivity contribution in [3.05, 3.63) is 54.1 Å². The zero-order chi connectivity index (χ0) is 17.8. The van der Waals surface area contributed by atoms with Crippen molar-refractivity contribution in [2.24, 2.45) is 5.92 Å². The summed E-state index contributed by atoms with van der Waals surface area (Å²) in [6, 6.07) is 10.5. The molecule has 2 aliphatic heterocycles. The van der Waals surface area contributed by atoms with Gasteiger partial charge in [0, 0.05) is 57.1 Å². The number of carbonyl (C=O) groups is 1. The smallest absolute Gasteiger partial charge is 0.225 e. The van der Waals surface area contributed by atoms with E-state index in [4.69, 9.17) is 4.74 Å². The van der Waals surface area contributed by atoms with Gasteiger partial charge in [-0.3, -0.25) is 4.79 Å². The van der Waals surface area contributed by atoms with Crippen molar-refractivity contribution in [1.29, 1.82) is 0 Å². The Hall–Kier alpha value is -2.14. The van der Waals surface area contributed by atoms with Gasteiger partial charge in [-0.1, -0.05) is 30.3 Å². The number of benzene rings is 1. The number of imidazole rings is 1. The van der Waals surface area contributed by atoms with Crippen molar-refractivity contribution in [2.75, 3.05) is 26.3 Å². The maximum atomic E-state index is 12.9. The van der Waals surface area contributed by atoms with Crippen molar-refractivity contribution >= 4 is 5.91 Å². The molecule has 138 valence electrons. The van der Waals surface area contributed by atoms with E-state index in [-0.39, 0.29) is 5.92 Å². The second-order valence-corrected chi connectivity index (χ2v) is 7.41. The summed E-state index contributed by atoms with van der Waals surface area (Å²) in [7, 11) is 0. The van der Waals surface area contributed by atoms with Crippen LogP contribution in [-0.4, -0.2) is 46.7 Å². The second kappa shape index (κ2) is 8.04. The Morgan fingerprint density at radius 2 is 1.96 bits per heavy atom. The minimum atomic E-state index is 0.145. The van der Waals surface area contributed by atoms with Crippen LogP contribution in [0.15, 0.2) is 42.7 Å². The minimum Gasteiger partial charge on any atom is -0.381 e. The van der Waals surface area contributed by atoms with Gasteiger partial charge in [0.25, 0.3) is 0 Å². The van der Waals surface area contributed by atoms with Gasteiger partial charge in [0.15, 0.2) is 0 Å². The molecule has 2 aliphatic rings. The molecule has 0 saturated carbocycles. The summed E-state index contributed by atoms with van der Waals surface area (Å²) < 4.78 is 7.64. The van der Waals surface area contributed by atoms with Crippen molar-refractivity contribution in [1.82, 2.24) is 14.5 Å². The summed E-state index contributed by atoms with van der Waals surface area (Å²) in [6.07, 6.45) is 7.82. The highest BCUT2D eigenvalue weighted by atomic mass is 16.5. The number of amides is 1. The summed E-state index contributed by atoms with van der Waals surface area (Å²) in [6.45, 7) is 3.94. The van der Waals surface area contributed by atoms with Crippen LogP contribution in [-0.2, 0) is 16.1 Å². The third-order valence-electron chi connectivity index (χ3n) is 5.61. The highest BCUT2D eigenvalue weighted by Crippen LogP contribution is 2.28. The summed E-state index contributed by atoms with van der Waals surface area (Å²) in [4.78, 5) is 19.6. The predicted molar refractivity (Wildman–Crippen MR) is 99.9 cm³/mol.